The molecule has 0 atom stereocenters. The van der Waals surface area contributed by atoms with Crippen LogP contribution in [0.5, 0.6) is 11.5 Å². The molecule has 0 fully saturated rings. The number of hydrogen-bond acceptors (Lipinski definition) is 3. The summed E-state index contributed by atoms with van der Waals surface area (Å²) < 4.78 is 24.0. The van der Waals surface area contributed by atoms with Crippen molar-refractivity contribution in [2.75, 3.05) is 13.7 Å². The summed E-state index contributed by atoms with van der Waals surface area (Å²) in [6.45, 7) is 2.38. The number of aromatic carboxylic acids is 1. The summed E-state index contributed by atoms with van der Waals surface area (Å²) >= 11 is 0. The van der Waals surface area contributed by atoms with Gasteiger partial charge in [0.1, 0.15) is 22.9 Å². The smallest absolute Gasteiger partial charge is 0.339 e. The van der Waals surface area contributed by atoms with Gasteiger partial charge >= 0.3 is 5.97 Å². The van der Waals surface area contributed by atoms with Gasteiger partial charge in [-0.05, 0) is 41.8 Å². The van der Waals surface area contributed by atoms with Gasteiger partial charge in [-0.25, -0.2) is 9.18 Å². The number of rotatable bonds is 6. The first-order valence-electron chi connectivity index (χ1n) is 6.90. The van der Waals surface area contributed by atoms with Gasteiger partial charge < -0.3 is 14.6 Å². The minimum Gasteiger partial charge on any atom is -0.497 e. The molecule has 1 N–H and O–H groups in total. The maximum atomic E-state index is 13.6. The van der Waals surface area contributed by atoms with Crippen molar-refractivity contribution in [3.05, 3.63) is 47.8 Å². The van der Waals surface area contributed by atoms with Crippen LogP contribution in [0, 0.1) is 5.82 Å². The van der Waals surface area contributed by atoms with Gasteiger partial charge in [-0.1, -0.05) is 13.0 Å². The third-order valence-corrected chi connectivity index (χ3v) is 3.11. The minimum atomic E-state index is -1.09. The number of benzene rings is 2. The third-order valence-electron chi connectivity index (χ3n) is 3.11. The van der Waals surface area contributed by atoms with Gasteiger partial charge in [-0.2, -0.15) is 0 Å². The number of ether oxygens (including phenoxy) is 2. The van der Waals surface area contributed by atoms with Gasteiger partial charge in [0, 0.05) is 6.07 Å². The van der Waals surface area contributed by atoms with E-state index in [0.717, 1.165) is 6.42 Å². The molecule has 22 heavy (non-hydrogen) atoms. The van der Waals surface area contributed by atoms with Crippen LogP contribution in [0.2, 0.25) is 0 Å². The SMILES string of the molecule is CCCOc1ccc(-c2cc(F)cc(OC)c2)cc1C(=O)O. The Bertz CT molecular complexity index is 682. The van der Waals surface area contributed by atoms with Crippen LogP contribution in [-0.4, -0.2) is 24.8 Å². The molecule has 0 aliphatic heterocycles. The Labute approximate surface area is 128 Å². The van der Waals surface area contributed by atoms with Crippen LogP contribution >= 0.6 is 0 Å². The lowest BCUT2D eigenvalue weighted by Gasteiger charge is -2.11. The van der Waals surface area contributed by atoms with Crippen molar-refractivity contribution in [3.63, 3.8) is 0 Å². The van der Waals surface area contributed by atoms with E-state index in [9.17, 15) is 14.3 Å². The Morgan fingerprint density at radius 3 is 2.59 bits per heavy atom. The zero-order chi connectivity index (χ0) is 16.1. The summed E-state index contributed by atoms with van der Waals surface area (Å²) in [7, 11) is 1.45. The molecule has 0 unspecified atom stereocenters. The Hall–Kier alpha value is -2.56. The second-order valence-electron chi connectivity index (χ2n) is 4.74. The highest BCUT2D eigenvalue weighted by atomic mass is 19.1. The lowest BCUT2D eigenvalue weighted by molar-refractivity contribution is 0.0692. The maximum Gasteiger partial charge on any atom is 0.339 e. The molecule has 4 nitrogen and oxygen atoms in total. The van der Waals surface area contributed by atoms with Crippen LogP contribution in [0.25, 0.3) is 11.1 Å². The summed E-state index contributed by atoms with van der Waals surface area (Å²) in [5.41, 5.74) is 1.18. The quantitative estimate of drug-likeness (QED) is 0.876. The van der Waals surface area contributed by atoms with Crippen LogP contribution in [0.15, 0.2) is 36.4 Å². The van der Waals surface area contributed by atoms with E-state index in [1.54, 1.807) is 18.2 Å². The molecular formula is C17H17FO4. The molecular weight excluding hydrogens is 287 g/mol. The predicted molar refractivity (Wildman–Crippen MR) is 81.1 cm³/mol. The van der Waals surface area contributed by atoms with Crippen LogP contribution in [-0.2, 0) is 0 Å². The number of carboxylic acids is 1. The normalized spacial score (nSPS) is 10.3. The molecule has 0 aromatic heterocycles. The standard InChI is InChI=1S/C17H17FO4/c1-3-6-22-16-5-4-11(9-15(16)17(19)20)12-7-13(18)10-14(8-12)21-2/h4-5,7-10H,3,6H2,1-2H3,(H,19,20). The van der Waals surface area contributed by atoms with E-state index in [1.165, 1.54) is 25.3 Å². The zero-order valence-corrected chi connectivity index (χ0v) is 12.4. The van der Waals surface area contributed by atoms with Gasteiger partial charge in [0.2, 0.25) is 0 Å². The fourth-order valence-electron chi connectivity index (χ4n) is 2.06. The first-order chi connectivity index (χ1) is 10.5. The molecule has 116 valence electrons. The van der Waals surface area contributed by atoms with E-state index in [1.807, 2.05) is 6.92 Å². The van der Waals surface area contributed by atoms with Crippen LogP contribution < -0.4 is 9.47 Å². The number of methoxy groups -OCH3 is 1. The number of carbonyl (C=O) groups is 1. The highest BCUT2D eigenvalue weighted by molar-refractivity contribution is 5.92. The van der Waals surface area contributed by atoms with Gasteiger partial charge in [0.15, 0.2) is 0 Å². The summed E-state index contributed by atoms with van der Waals surface area (Å²) in [5, 5.41) is 9.31. The van der Waals surface area contributed by atoms with Crippen LogP contribution in [0.4, 0.5) is 4.39 Å². The zero-order valence-electron chi connectivity index (χ0n) is 12.4. The molecule has 0 aliphatic rings. The molecule has 0 saturated heterocycles. The number of halogens is 1. The average Bonchev–Trinajstić information content (AvgIpc) is 2.51. The molecule has 0 heterocycles. The van der Waals surface area contributed by atoms with E-state index in [2.05, 4.69) is 0 Å². The third kappa shape index (κ3) is 3.55. The highest BCUT2D eigenvalue weighted by Crippen LogP contribution is 2.30. The van der Waals surface area contributed by atoms with Gasteiger partial charge in [0.05, 0.1) is 13.7 Å². The summed E-state index contributed by atoms with van der Waals surface area (Å²) in [6.07, 6.45) is 0.780. The Morgan fingerprint density at radius 2 is 1.95 bits per heavy atom. The van der Waals surface area contributed by atoms with E-state index in [-0.39, 0.29) is 5.56 Å². The lowest BCUT2D eigenvalue weighted by Crippen LogP contribution is -2.04. The van der Waals surface area contributed by atoms with Crippen LogP contribution in [0.3, 0.4) is 0 Å². The lowest BCUT2D eigenvalue weighted by atomic mass is 10.0. The van der Waals surface area contributed by atoms with Crippen molar-refractivity contribution < 1.29 is 23.8 Å². The Morgan fingerprint density at radius 1 is 1.18 bits per heavy atom. The first kappa shape index (κ1) is 15.8. The molecule has 0 radical (unpaired) electrons. The van der Waals surface area contributed by atoms with E-state index in [4.69, 9.17) is 9.47 Å². The molecule has 0 saturated carbocycles. The molecule has 2 aromatic rings. The summed E-state index contributed by atoms with van der Waals surface area (Å²) in [5.74, 6) is -0.853. The van der Waals surface area contributed by atoms with Crippen molar-refractivity contribution in [1.29, 1.82) is 0 Å². The molecule has 2 rings (SSSR count). The monoisotopic (exact) mass is 304 g/mol. The molecule has 0 aliphatic carbocycles. The Balaban J connectivity index is 2.46. The Kier molecular flexibility index (Phi) is 4.99. The maximum absolute atomic E-state index is 13.6. The molecule has 2 aromatic carbocycles. The largest absolute Gasteiger partial charge is 0.497 e. The highest BCUT2D eigenvalue weighted by Gasteiger charge is 2.14. The number of hydrogen-bond donors (Lipinski definition) is 1. The van der Waals surface area contributed by atoms with Crippen molar-refractivity contribution in [2.24, 2.45) is 0 Å². The van der Waals surface area contributed by atoms with Crippen molar-refractivity contribution >= 4 is 5.97 Å². The average molecular weight is 304 g/mol. The minimum absolute atomic E-state index is 0.0502. The van der Waals surface area contributed by atoms with E-state index < -0.39 is 11.8 Å². The predicted octanol–water partition coefficient (Wildman–Crippen LogP) is 3.99. The van der Waals surface area contributed by atoms with Gasteiger partial charge in [0.25, 0.3) is 0 Å². The first-order valence-corrected chi connectivity index (χ1v) is 6.90. The van der Waals surface area contributed by atoms with E-state index >= 15 is 0 Å². The number of carboxylic acid groups (broad SMARTS) is 1. The molecule has 0 amide bonds. The van der Waals surface area contributed by atoms with Crippen molar-refractivity contribution in [3.8, 4) is 22.6 Å². The molecule has 0 spiro atoms. The fourth-order valence-corrected chi connectivity index (χ4v) is 2.06. The topological polar surface area (TPSA) is 55.8 Å². The molecule has 5 heteroatoms. The van der Waals surface area contributed by atoms with Gasteiger partial charge in [-0.3, -0.25) is 0 Å². The van der Waals surface area contributed by atoms with Crippen molar-refractivity contribution in [2.45, 2.75) is 13.3 Å². The van der Waals surface area contributed by atoms with Crippen molar-refractivity contribution in [1.82, 2.24) is 0 Å². The fraction of sp³-hybridized carbons (Fsp3) is 0.235. The van der Waals surface area contributed by atoms with Gasteiger partial charge in [-0.15, -0.1) is 0 Å². The second kappa shape index (κ2) is 6.93. The second-order valence-corrected chi connectivity index (χ2v) is 4.74. The van der Waals surface area contributed by atoms with E-state index in [0.29, 0.717) is 29.2 Å². The van der Waals surface area contributed by atoms with Crippen LogP contribution in [0.1, 0.15) is 23.7 Å². The summed E-state index contributed by atoms with van der Waals surface area (Å²) in [4.78, 5) is 11.4. The summed E-state index contributed by atoms with van der Waals surface area (Å²) in [6, 6.07) is 9.01. The molecule has 0 bridgehead atoms.